The van der Waals surface area contributed by atoms with Crippen molar-refractivity contribution < 1.29 is 0 Å². The molecule has 11 heavy (non-hydrogen) atoms. The third kappa shape index (κ3) is 1.48. The smallest absolute Gasteiger partial charge is 0.0770 e. The fourth-order valence-electron chi connectivity index (χ4n) is 2.36. The lowest BCUT2D eigenvalue weighted by Gasteiger charge is -2.35. The first-order chi connectivity index (χ1) is 4.89. The summed E-state index contributed by atoms with van der Waals surface area (Å²) in [5, 5.41) is 0. The molecule has 1 aliphatic rings. The Hall–Kier alpha value is 0.0649. The molecule has 0 N–H and O–H groups in total. The maximum absolute atomic E-state index is 2.42. The molecular weight excluding hydrogens is 131 g/mol. The van der Waals surface area contributed by atoms with Gasteiger partial charge in [0.1, 0.15) is 6.71 Å². The zero-order chi connectivity index (χ0) is 8.70. The predicted molar refractivity (Wildman–Crippen MR) is 53.4 cm³/mol. The summed E-state index contributed by atoms with van der Waals surface area (Å²) in [4.78, 5) is 0. The van der Waals surface area contributed by atoms with Gasteiger partial charge in [-0.1, -0.05) is 53.6 Å². The van der Waals surface area contributed by atoms with Gasteiger partial charge in [0.15, 0.2) is 0 Å². The van der Waals surface area contributed by atoms with Gasteiger partial charge < -0.3 is 0 Å². The monoisotopic (exact) mass is 152 g/mol. The Morgan fingerprint density at radius 1 is 1.00 bits per heavy atom. The van der Waals surface area contributed by atoms with E-state index in [1.54, 1.807) is 0 Å². The first kappa shape index (κ1) is 9.16. The molecule has 64 valence electrons. The molecule has 0 atom stereocenters. The standard InChI is InChI=1S/C10H21B/c1-6-11-7-9(2,3)10(4,5)8-11/h6-8H2,1-5H3. The molecule has 0 aromatic heterocycles. The van der Waals surface area contributed by atoms with Gasteiger partial charge in [0.05, 0.1) is 0 Å². The van der Waals surface area contributed by atoms with Crippen LogP contribution in [0.15, 0.2) is 0 Å². The average Bonchev–Trinajstić information content (AvgIpc) is 2.03. The Labute approximate surface area is 71.8 Å². The normalized spacial score (nSPS) is 27.5. The van der Waals surface area contributed by atoms with Gasteiger partial charge in [0.25, 0.3) is 0 Å². The van der Waals surface area contributed by atoms with Crippen LogP contribution in [0.25, 0.3) is 0 Å². The molecule has 0 aliphatic carbocycles. The molecule has 1 heterocycles. The second kappa shape index (κ2) is 2.53. The van der Waals surface area contributed by atoms with Gasteiger partial charge in [-0.15, -0.1) is 0 Å². The van der Waals surface area contributed by atoms with Gasteiger partial charge in [-0.2, -0.15) is 0 Å². The van der Waals surface area contributed by atoms with E-state index in [1.807, 2.05) is 0 Å². The van der Waals surface area contributed by atoms with Crippen LogP contribution in [0.4, 0.5) is 0 Å². The highest BCUT2D eigenvalue weighted by molar-refractivity contribution is 6.60. The number of rotatable bonds is 1. The van der Waals surface area contributed by atoms with Crippen molar-refractivity contribution in [1.29, 1.82) is 0 Å². The van der Waals surface area contributed by atoms with Gasteiger partial charge in [-0.3, -0.25) is 0 Å². The van der Waals surface area contributed by atoms with Crippen LogP contribution in [-0.2, 0) is 0 Å². The lowest BCUT2D eigenvalue weighted by molar-refractivity contribution is 0.177. The minimum absolute atomic E-state index is 0.563. The van der Waals surface area contributed by atoms with Gasteiger partial charge in [-0.25, -0.2) is 0 Å². The Morgan fingerprint density at radius 2 is 1.36 bits per heavy atom. The summed E-state index contributed by atoms with van der Waals surface area (Å²) in [6, 6.07) is 0. The summed E-state index contributed by atoms with van der Waals surface area (Å²) in [5.74, 6) is 0. The van der Waals surface area contributed by atoms with Crippen molar-refractivity contribution in [1.82, 2.24) is 0 Å². The minimum Gasteiger partial charge on any atom is -0.0770 e. The molecule has 0 radical (unpaired) electrons. The third-order valence-corrected chi connectivity index (χ3v) is 4.01. The fourth-order valence-corrected chi connectivity index (χ4v) is 2.36. The topological polar surface area (TPSA) is 0 Å². The zero-order valence-corrected chi connectivity index (χ0v) is 8.70. The summed E-state index contributed by atoms with van der Waals surface area (Å²) in [5.41, 5.74) is 1.13. The minimum atomic E-state index is 0.563. The molecule has 0 aromatic carbocycles. The van der Waals surface area contributed by atoms with Crippen molar-refractivity contribution in [2.75, 3.05) is 0 Å². The summed E-state index contributed by atoms with van der Waals surface area (Å²) < 4.78 is 0. The van der Waals surface area contributed by atoms with Crippen LogP contribution in [0.5, 0.6) is 0 Å². The molecule has 1 fully saturated rings. The van der Waals surface area contributed by atoms with E-state index in [0.29, 0.717) is 10.8 Å². The molecule has 1 saturated heterocycles. The SMILES string of the molecule is CCB1CC(C)(C)C(C)(C)C1. The third-order valence-electron chi connectivity index (χ3n) is 4.01. The second-order valence-electron chi connectivity index (χ2n) is 5.45. The largest absolute Gasteiger partial charge is 0.140 e. The van der Waals surface area contributed by atoms with E-state index < -0.39 is 0 Å². The first-order valence-corrected chi connectivity index (χ1v) is 4.89. The molecule has 1 heteroatoms. The van der Waals surface area contributed by atoms with E-state index >= 15 is 0 Å². The van der Waals surface area contributed by atoms with Gasteiger partial charge in [-0.05, 0) is 10.8 Å². The van der Waals surface area contributed by atoms with Crippen LogP contribution in [-0.4, -0.2) is 6.71 Å². The number of hydrogen-bond acceptors (Lipinski definition) is 0. The Kier molecular flexibility index (Phi) is 2.11. The second-order valence-corrected chi connectivity index (χ2v) is 5.45. The van der Waals surface area contributed by atoms with Crippen molar-refractivity contribution in [3.63, 3.8) is 0 Å². The summed E-state index contributed by atoms with van der Waals surface area (Å²) in [6.07, 6.45) is 4.22. The van der Waals surface area contributed by atoms with Crippen LogP contribution in [0, 0.1) is 10.8 Å². The molecule has 0 saturated carbocycles. The average molecular weight is 152 g/mol. The lowest BCUT2D eigenvalue weighted by atomic mass is 9.45. The van der Waals surface area contributed by atoms with Crippen LogP contribution < -0.4 is 0 Å². The van der Waals surface area contributed by atoms with E-state index in [2.05, 4.69) is 34.6 Å². The highest BCUT2D eigenvalue weighted by atomic mass is 14.4. The molecule has 0 spiro atoms. The molecule has 1 rings (SSSR count). The van der Waals surface area contributed by atoms with E-state index in [1.165, 1.54) is 19.0 Å². The van der Waals surface area contributed by atoms with Crippen molar-refractivity contribution in [2.45, 2.75) is 53.6 Å². The number of hydrogen-bond donors (Lipinski definition) is 0. The lowest BCUT2D eigenvalue weighted by Crippen LogP contribution is -2.24. The molecular formula is C10H21B. The van der Waals surface area contributed by atoms with E-state index in [4.69, 9.17) is 0 Å². The summed E-state index contributed by atoms with van der Waals surface area (Å²) >= 11 is 0. The van der Waals surface area contributed by atoms with Gasteiger partial charge in [0.2, 0.25) is 0 Å². The first-order valence-electron chi connectivity index (χ1n) is 4.89. The van der Waals surface area contributed by atoms with Crippen LogP contribution >= 0.6 is 0 Å². The van der Waals surface area contributed by atoms with Gasteiger partial charge >= 0.3 is 0 Å². The van der Waals surface area contributed by atoms with Gasteiger partial charge in [0, 0.05) is 0 Å². The molecule has 0 unspecified atom stereocenters. The van der Waals surface area contributed by atoms with Crippen molar-refractivity contribution in [3.05, 3.63) is 0 Å². The molecule has 1 aliphatic heterocycles. The predicted octanol–water partition coefficient (Wildman–Crippen LogP) is 3.57. The highest BCUT2D eigenvalue weighted by Crippen LogP contribution is 2.53. The maximum atomic E-state index is 2.42. The molecule has 0 aromatic rings. The quantitative estimate of drug-likeness (QED) is 0.504. The van der Waals surface area contributed by atoms with Crippen molar-refractivity contribution >= 4 is 6.71 Å². The summed E-state index contributed by atoms with van der Waals surface area (Å²) in [7, 11) is 0. The Morgan fingerprint density at radius 3 is 1.55 bits per heavy atom. The molecule has 0 amide bonds. The molecule has 0 bridgehead atoms. The van der Waals surface area contributed by atoms with E-state index in [9.17, 15) is 0 Å². The van der Waals surface area contributed by atoms with Crippen LogP contribution in [0.2, 0.25) is 19.0 Å². The zero-order valence-electron chi connectivity index (χ0n) is 8.70. The van der Waals surface area contributed by atoms with Crippen molar-refractivity contribution in [2.24, 2.45) is 10.8 Å². The molecule has 0 nitrogen and oxygen atoms in total. The van der Waals surface area contributed by atoms with Crippen LogP contribution in [0.3, 0.4) is 0 Å². The fraction of sp³-hybridized carbons (Fsp3) is 1.00. The van der Waals surface area contributed by atoms with Crippen molar-refractivity contribution in [3.8, 4) is 0 Å². The Balaban J connectivity index is 2.72. The van der Waals surface area contributed by atoms with Crippen LogP contribution in [0.1, 0.15) is 34.6 Å². The summed E-state index contributed by atoms with van der Waals surface area (Å²) in [6.45, 7) is 13.0. The maximum Gasteiger partial charge on any atom is 0.140 e. The van der Waals surface area contributed by atoms with E-state index in [0.717, 1.165) is 6.71 Å². The van der Waals surface area contributed by atoms with E-state index in [-0.39, 0.29) is 0 Å². The highest BCUT2D eigenvalue weighted by Gasteiger charge is 2.46. The Bertz CT molecular complexity index is 131.